The highest BCUT2D eigenvalue weighted by atomic mass is 16.4. The second-order valence-corrected chi connectivity index (χ2v) is 7.55. The average molecular weight is 398 g/mol. The van der Waals surface area contributed by atoms with Crippen LogP contribution in [0, 0.1) is 12.8 Å². The summed E-state index contributed by atoms with van der Waals surface area (Å²) in [6.07, 6.45) is 5.51. The predicted octanol–water partition coefficient (Wildman–Crippen LogP) is 2.90. The van der Waals surface area contributed by atoms with E-state index in [0.717, 1.165) is 25.7 Å². The van der Waals surface area contributed by atoms with Crippen molar-refractivity contribution in [1.82, 2.24) is 15.1 Å². The lowest BCUT2D eigenvalue weighted by atomic mass is 10.1. The molecule has 0 saturated heterocycles. The van der Waals surface area contributed by atoms with Crippen LogP contribution in [0.4, 0.5) is 5.69 Å². The summed E-state index contributed by atoms with van der Waals surface area (Å²) in [5, 5.41) is 19.1. The summed E-state index contributed by atoms with van der Waals surface area (Å²) in [7, 11) is 0. The second-order valence-electron chi connectivity index (χ2n) is 7.55. The van der Waals surface area contributed by atoms with Crippen LogP contribution >= 0.6 is 0 Å². The smallest absolute Gasteiger partial charge is 0.339 e. The molecule has 8 heteroatoms. The molecule has 0 radical (unpaired) electrons. The molecule has 2 aromatic rings. The summed E-state index contributed by atoms with van der Waals surface area (Å²) in [6.45, 7) is 3.50. The first-order valence-corrected chi connectivity index (χ1v) is 9.83. The topological polar surface area (TPSA) is 113 Å². The zero-order chi connectivity index (χ0) is 21.0. The quantitative estimate of drug-likeness (QED) is 0.664. The third-order valence-corrected chi connectivity index (χ3v) is 5.22. The number of carbonyl (C=O) groups excluding carboxylic acids is 2. The van der Waals surface area contributed by atoms with Crippen LogP contribution in [0.5, 0.6) is 0 Å². The van der Waals surface area contributed by atoms with Crippen molar-refractivity contribution in [3.8, 4) is 5.69 Å². The third-order valence-electron chi connectivity index (χ3n) is 5.22. The number of nitrogens with one attached hydrogen (secondary N) is 2. The summed E-state index contributed by atoms with van der Waals surface area (Å²) in [4.78, 5) is 35.8. The van der Waals surface area contributed by atoms with Crippen LogP contribution < -0.4 is 10.6 Å². The first-order valence-electron chi connectivity index (χ1n) is 9.83. The Labute approximate surface area is 169 Å². The maximum absolute atomic E-state index is 12.4. The molecule has 2 amide bonds. The molecule has 8 nitrogen and oxygen atoms in total. The van der Waals surface area contributed by atoms with Gasteiger partial charge in [0.2, 0.25) is 11.8 Å². The molecule has 1 aliphatic rings. The van der Waals surface area contributed by atoms with E-state index in [9.17, 15) is 19.5 Å². The lowest BCUT2D eigenvalue weighted by molar-refractivity contribution is -0.125. The number of aromatic carboxylic acids is 1. The van der Waals surface area contributed by atoms with E-state index in [1.165, 1.54) is 10.9 Å². The Balaban J connectivity index is 1.60. The fourth-order valence-electron chi connectivity index (χ4n) is 3.69. The lowest BCUT2D eigenvalue weighted by Gasteiger charge is -2.17. The van der Waals surface area contributed by atoms with Gasteiger partial charge in [-0.25, -0.2) is 9.48 Å². The van der Waals surface area contributed by atoms with Gasteiger partial charge in [0, 0.05) is 24.1 Å². The van der Waals surface area contributed by atoms with Crippen LogP contribution in [0.25, 0.3) is 5.69 Å². The Morgan fingerprint density at radius 2 is 2.00 bits per heavy atom. The van der Waals surface area contributed by atoms with Gasteiger partial charge in [0.05, 0.1) is 17.6 Å². The molecule has 3 rings (SSSR count). The van der Waals surface area contributed by atoms with E-state index in [-0.39, 0.29) is 35.8 Å². The molecule has 1 heterocycles. The van der Waals surface area contributed by atoms with Crippen molar-refractivity contribution in [3.63, 3.8) is 0 Å². The first-order chi connectivity index (χ1) is 13.8. The Morgan fingerprint density at radius 1 is 1.28 bits per heavy atom. The molecule has 1 unspecified atom stereocenters. The number of amides is 2. The largest absolute Gasteiger partial charge is 0.478 e. The molecule has 0 bridgehead atoms. The van der Waals surface area contributed by atoms with Crippen molar-refractivity contribution in [2.75, 3.05) is 5.32 Å². The van der Waals surface area contributed by atoms with Gasteiger partial charge in [0.1, 0.15) is 5.56 Å². The summed E-state index contributed by atoms with van der Waals surface area (Å²) in [6, 6.07) is 6.77. The van der Waals surface area contributed by atoms with Crippen molar-refractivity contribution < 1.29 is 19.5 Å². The number of hydrogen-bond donors (Lipinski definition) is 3. The molecule has 1 saturated carbocycles. The van der Waals surface area contributed by atoms with Gasteiger partial charge >= 0.3 is 5.97 Å². The Morgan fingerprint density at radius 3 is 2.66 bits per heavy atom. The minimum absolute atomic E-state index is 0.0354. The van der Waals surface area contributed by atoms with E-state index in [2.05, 4.69) is 15.7 Å². The zero-order valence-electron chi connectivity index (χ0n) is 16.6. The van der Waals surface area contributed by atoms with Crippen LogP contribution in [0.15, 0.2) is 30.5 Å². The molecular formula is C21H26N4O4. The maximum atomic E-state index is 12.4. The van der Waals surface area contributed by atoms with Gasteiger partial charge < -0.3 is 15.7 Å². The maximum Gasteiger partial charge on any atom is 0.339 e. The third kappa shape index (κ3) is 5.01. The number of rotatable bonds is 7. The average Bonchev–Trinajstić information content (AvgIpc) is 3.31. The van der Waals surface area contributed by atoms with E-state index in [1.54, 1.807) is 31.2 Å². The van der Waals surface area contributed by atoms with Crippen molar-refractivity contribution in [2.45, 2.75) is 52.0 Å². The molecule has 3 N–H and O–H groups in total. The Kier molecular flexibility index (Phi) is 6.31. The minimum atomic E-state index is -1.04. The van der Waals surface area contributed by atoms with Crippen molar-refractivity contribution >= 4 is 23.5 Å². The number of carboxylic acids is 1. The molecule has 1 atom stereocenters. The fraction of sp³-hybridized carbons (Fsp3) is 0.429. The Bertz CT molecular complexity index is 915. The van der Waals surface area contributed by atoms with Crippen LogP contribution in [0.2, 0.25) is 0 Å². The zero-order valence-corrected chi connectivity index (χ0v) is 16.6. The number of benzene rings is 1. The van der Waals surface area contributed by atoms with Gasteiger partial charge in [0.25, 0.3) is 0 Å². The summed E-state index contributed by atoms with van der Waals surface area (Å²) < 4.78 is 1.52. The predicted molar refractivity (Wildman–Crippen MR) is 108 cm³/mol. The molecule has 29 heavy (non-hydrogen) atoms. The van der Waals surface area contributed by atoms with Gasteiger partial charge in [-0.2, -0.15) is 5.10 Å². The van der Waals surface area contributed by atoms with Crippen molar-refractivity contribution in [2.24, 2.45) is 5.92 Å². The number of aromatic nitrogens is 2. The van der Waals surface area contributed by atoms with Gasteiger partial charge in [-0.1, -0.05) is 18.9 Å². The van der Waals surface area contributed by atoms with Crippen LogP contribution in [0.3, 0.4) is 0 Å². The summed E-state index contributed by atoms with van der Waals surface area (Å²) >= 11 is 0. The highest BCUT2D eigenvalue weighted by Crippen LogP contribution is 2.25. The second kappa shape index (κ2) is 8.89. The number of carbonyl (C=O) groups is 3. The number of nitrogens with zero attached hydrogens (tertiary/aromatic N) is 2. The van der Waals surface area contributed by atoms with E-state index in [0.29, 0.717) is 17.1 Å². The fourth-order valence-corrected chi connectivity index (χ4v) is 3.69. The van der Waals surface area contributed by atoms with Crippen molar-refractivity contribution in [1.29, 1.82) is 0 Å². The normalized spacial score (nSPS) is 15.1. The van der Waals surface area contributed by atoms with Crippen LogP contribution in [-0.4, -0.2) is 38.7 Å². The van der Waals surface area contributed by atoms with Crippen molar-refractivity contribution in [3.05, 3.63) is 41.7 Å². The van der Waals surface area contributed by atoms with Gasteiger partial charge in [-0.3, -0.25) is 9.59 Å². The highest BCUT2D eigenvalue weighted by Gasteiger charge is 2.24. The monoisotopic (exact) mass is 398 g/mol. The number of carboxylic acid groups (broad SMARTS) is 1. The summed E-state index contributed by atoms with van der Waals surface area (Å²) in [5.74, 6) is -1.13. The van der Waals surface area contributed by atoms with E-state index in [1.807, 2.05) is 6.92 Å². The van der Waals surface area contributed by atoms with Gasteiger partial charge in [-0.05, 0) is 44.9 Å². The molecule has 154 valence electrons. The molecular weight excluding hydrogens is 372 g/mol. The lowest BCUT2D eigenvalue weighted by Crippen LogP contribution is -2.38. The standard InChI is InChI=1S/C21H26N4O4/c1-13(23-20(27)15-6-3-4-7-15)10-19(26)24-16-8-5-9-17(11-16)25-14(2)18(12-22-25)21(28)29/h5,8-9,11-13,15H,3-4,6-7,10H2,1-2H3,(H,23,27)(H,24,26)(H,28,29). The molecule has 1 aromatic heterocycles. The highest BCUT2D eigenvalue weighted by molar-refractivity contribution is 5.92. The minimum Gasteiger partial charge on any atom is -0.478 e. The molecule has 0 spiro atoms. The van der Waals surface area contributed by atoms with E-state index in [4.69, 9.17) is 0 Å². The first kappa shape index (κ1) is 20.6. The number of hydrogen-bond acceptors (Lipinski definition) is 4. The van der Waals surface area contributed by atoms with E-state index < -0.39 is 5.97 Å². The number of anilines is 1. The molecule has 1 aliphatic carbocycles. The van der Waals surface area contributed by atoms with Crippen LogP contribution in [-0.2, 0) is 9.59 Å². The van der Waals surface area contributed by atoms with Gasteiger partial charge in [0.15, 0.2) is 0 Å². The molecule has 0 aliphatic heterocycles. The van der Waals surface area contributed by atoms with E-state index >= 15 is 0 Å². The molecule has 1 fully saturated rings. The van der Waals surface area contributed by atoms with Gasteiger partial charge in [-0.15, -0.1) is 0 Å². The molecule has 1 aromatic carbocycles. The van der Waals surface area contributed by atoms with Crippen LogP contribution in [0.1, 0.15) is 55.1 Å². The SMILES string of the molecule is Cc1c(C(=O)O)cnn1-c1cccc(NC(=O)CC(C)NC(=O)C2CCCC2)c1. The Hall–Kier alpha value is -3.16. The summed E-state index contributed by atoms with van der Waals surface area (Å²) in [5.41, 5.74) is 1.86.